The van der Waals surface area contributed by atoms with Crippen LogP contribution in [0.1, 0.15) is 26.6 Å². The van der Waals surface area contributed by atoms with Crippen LogP contribution >= 0.6 is 0 Å². The van der Waals surface area contributed by atoms with Crippen LogP contribution in [0.3, 0.4) is 0 Å². The number of rotatable bonds is 1. The minimum Gasteiger partial charge on any atom is -0.334 e. The first-order valence-corrected chi connectivity index (χ1v) is 5.07. The molecular weight excluding hydrogens is 207 g/mol. The third-order valence-corrected chi connectivity index (χ3v) is 2.20. The minimum absolute atomic E-state index is 0.201. The lowest BCUT2D eigenvalue weighted by molar-refractivity contribution is 0.401. The monoisotopic (exact) mass is 220 g/mol. The summed E-state index contributed by atoms with van der Waals surface area (Å²) >= 11 is 0. The molecule has 0 saturated carbocycles. The molecule has 0 aliphatic heterocycles. The van der Waals surface area contributed by atoms with Gasteiger partial charge in [0.1, 0.15) is 5.82 Å². The van der Waals surface area contributed by atoms with Crippen molar-refractivity contribution in [2.45, 2.75) is 26.2 Å². The van der Waals surface area contributed by atoms with Crippen LogP contribution in [-0.2, 0) is 5.41 Å². The minimum atomic E-state index is -0.355. The summed E-state index contributed by atoms with van der Waals surface area (Å²) < 4.78 is 18.5. The highest BCUT2D eigenvalue weighted by atomic mass is 19.1. The Bertz CT molecular complexity index is 500. The molecule has 0 spiro atoms. The van der Waals surface area contributed by atoms with E-state index in [9.17, 15) is 4.39 Å². The summed E-state index contributed by atoms with van der Waals surface area (Å²) in [5, 5.41) is 3.85. The van der Waals surface area contributed by atoms with Crippen LogP contribution in [0.2, 0.25) is 0 Å². The standard InChI is InChI=1S/C12H13FN2O/c1-12(2,3)11-14-10(16-15-11)8-6-4-5-7-9(8)13/h4-7H,1-3H3. The van der Waals surface area contributed by atoms with Crippen molar-refractivity contribution in [3.8, 4) is 11.5 Å². The summed E-state index contributed by atoms with van der Waals surface area (Å²) in [6.07, 6.45) is 0. The normalized spacial score (nSPS) is 11.8. The molecule has 1 aromatic carbocycles. The van der Waals surface area contributed by atoms with Crippen molar-refractivity contribution in [2.24, 2.45) is 0 Å². The van der Waals surface area contributed by atoms with Gasteiger partial charge in [0.05, 0.1) is 5.56 Å². The molecule has 1 aromatic heterocycles. The fourth-order valence-corrected chi connectivity index (χ4v) is 1.27. The fraction of sp³-hybridized carbons (Fsp3) is 0.333. The summed E-state index contributed by atoms with van der Waals surface area (Å²) in [6, 6.07) is 6.35. The van der Waals surface area contributed by atoms with Gasteiger partial charge >= 0.3 is 0 Å². The van der Waals surface area contributed by atoms with E-state index in [0.29, 0.717) is 11.4 Å². The Kier molecular flexibility index (Phi) is 2.50. The van der Waals surface area contributed by atoms with Crippen molar-refractivity contribution in [2.75, 3.05) is 0 Å². The number of hydrogen-bond donors (Lipinski definition) is 0. The maximum atomic E-state index is 13.5. The Morgan fingerprint density at radius 2 is 1.88 bits per heavy atom. The molecular formula is C12H13FN2O. The highest BCUT2D eigenvalue weighted by molar-refractivity contribution is 5.53. The van der Waals surface area contributed by atoms with E-state index < -0.39 is 0 Å². The van der Waals surface area contributed by atoms with Gasteiger partial charge in [-0.1, -0.05) is 38.1 Å². The summed E-state index contributed by atoms with van der Waals surface area (Å²) in [6.45, 7) is 5.93. The molecule has 2 rings (SSSR count). The van der Waals surface area contributed by atoms with Crippen LogP contribution in [0.25, 0.3) is 11.5 Å². The van der Waals surface area contributed by atoms with Gasteiger partial charge < -0.3 is 4.52 Å². The van der Waals surface area contributed by atoms with Crippen molar-refractivity contribution in [3.05, 3.63) is 35.9 Å². The first-order chi connectivity index (χ1) is 7.48. The third kappa shape index (κ3) is 1.96. The van der Waals surface area contributed by atoms with E-state index in [2.05, 4.69) is 10.1 Å². The lowest BCUT2D eigenvalue weighted by Crippen LogP contribution is -2.13. The van der Waals surface area contributed by atoms with Crippen molar-refractivity contribution in [3.63, 3.8) is 0 Å². The number of nitrogens with zero attached hydrogens (tertiary/aromatic N) is 2. The van der Waals surface area contributed by atoms with Crippen LogP contribution in [0.5, 0.6) is 0 Å². The maximum absolute atomic E-state index is 13.5. The van der Waals surface area contributed by atoms with Crippen molar-refractivity contribution in [1.82, 2.24) is 10.1 Å². The Balaban J connectivity index is 2.44. The molecule has 0 N–H and O–H groups in total. The van der Waals surface area contributed by atoms with Gasteiger partial charge in [0.15, 0.2) is 5.82 Å². The van der Waals surface area contributed by atoms with Gasteiger partial charge in [-0.3, -0.25) is 0 Å². The van der Waals surface area contributed by atoms with E-state index in [1.54, 1.807) is 18.2 Å². The van der Waals surface area contributed by atoms with Gasteiger partial charge in [0, 0.05) is 5.41 Å². The Morgan fingerprint density at radius 1 is 1.19 bits per heavy atom. The maximum Gasteiger partial charge on any atom is 0.260 e. The van der Waals surface area contributed by atoms with Crippen molar-refractivity contribution < 1.29 is 8.91 Å². The van der Waals surface area contributed by atoms with Gasteiger partial charge in [-0.2, -0.15) is 4.98 Å². The summed E-state index contributed by atoms with van der Waals surface area (Å²) in [7, 11) is 0. The number of benzene rings is 1. The van der Waals surface area contributed by atoms with Crippen LogP contribution in [0, 0.1) is 5.82 Å². The first-order valence-electron chi connectivity index (χ1n) is 5.07. The molecule has 3 nitrogen and oxygen atoms in total. The second-order valence-electron chi connectivity index (χ2n) is 4.65. The molecule has 0 fully saturated rings. The van der Waals surface area contributed by atoms with E-state index in [4.69, 9.17) is 4.52 Å². The van der Waals surface area contributed by atoms with Crippen LogP contribution in [-0.4, -0.2) is 10.1 Å². The van der Waals surface area contributed by atoms with Crippen molar-refractivity contribution >= 4 is 0 Å². The van der Waals surface area contributed by atoms with Gasteiger partial charge in [-0.05, 0) is 12.1 Å². The molecule has 4 heteroatoms. The molecule has 0 saturated heterocycles. The molecule has 0 aliphatic rings. The molecule has 0 amide bonds. The highest BCUT2D eigenvalue weighted by Gasteiger charge is 2.22. The van der Waals surface area contributed by atoms with Gasteiger partial charge in [-0.15, -0.1) is 0 Å². The molecule has 16 heavy (non-hydrogen) atoms. The van der Waals surface area contributed by atoms with Gasteiger partial charge in [0.25, 0.3) is 5.89 Å². The molecule has 2 aromatic rings. The highest BCUT2D eigenvalue weighted by Crippen LogP contribution is 2.24. The summed E-state index contributed by atoms with van der Waals surface area (Å²) in [4.78, 5) is 4.19. The topological polar surface area (TPSA) is 38.9 Å². The zero-order valence-corrected chi connectivity index (χ0v) is 9.49. The second-order valence-corrected chi connectivity index (χ2v) is 4.65. The van der Waals surface area contributed by atoms with Crippen LogP contribution < -0.4 is 0 Å². The predicted octanol–water partition coefficient (Wildman–Crippen LogP) is 3.17. The zero-order valence-electron chi connectivity index (χ0n) is 9.49. The molecule has 0 aliphatic carbocycles. The average molecular weight is 220 g/mol. The number of aromatic nitrogens is 2. The summed E-state index contributed by atoms with van der Waals surface area (Å²) in [5.41, 5.74) is 0.137. The molecule has 0 radical (unpaired) electrons. The lowest BCUT2D eigenvalue weighted by Gasteiger charge is -2.10. The van der Waals surface area contributed by atoms with E-state index in [0.717, 1.165) is 0 Å². The van der Waals surface area contributed by atoms with Crippen LogP contribution in [0.4, 0.5) is 4.39 Å². The predicted molar refractivity (Wildman–Crippen MR) is 58.4 cm³/mol. The first kappa shape index (κ1) is 10.8. The molecule has 1 heterocycles. The quantitative estimate of drug-likeness (QED) is 0.740. The second kappa shape index (κ2) is 3.70. The number of halogens is 1. The van der Waals surface area contributed by atoms with E-state index in [1.165, 1.54) is 6.07 Å². The Morgan fingerprint density at radius 3 is 2.44 bits per heavy atom. The molecule has 0 atom stereocenters. The molecule has 84 valence electrons. The largest absolute Gasteiger partial charge is 0.334 e. The summed E-state index contributed by atoms with van der Waals surface area (Å²) in [5.74, 6) is 0.445. The van der Waals surface area contributed by atoms with E-state index >= 15 is 0 Å². The Labute approximate surface area is 93.3 Å². The fourth-order valence-electron chi connectivity index (χ4n) is 1.27. The van der Waals surface area contributed by atoms with Gasteiger partial charge in [-0.25, -0.2) is 4.39 Å². The lowest BCUT2D eigenvalue weighted by atomic mass is 9.96. The zero-order chi connectivity index (χ0) is 11.8. The Hall–Kier alpha value is -1.71. The SMILES string of the molecule is CC(C)(C)c1noc(-c2ccccc2F)n1. The van der Waals surface area contributed by atoms with Crippen LogP contribution in [0.15, 0.2) is 28.8 Å². The van der Waals surface area contributed by atoms with E-state index in [1.807, 2.05) is 20.8 Å². The number of hydrogen-bond acceptors (Lipinski definition) is 3. The molecule has 0 bridgehead atoms. The van der Waals surface area contributed by atoms with Crippen molar-refractivity contribution in [1.29, 1.82) is 0 Å². The third-order valence-electron chi connectivity index (χ3n) is 2.20. The van der Waals surface area contributed by atoms with Gasteiger partial charge in [0.2, 0.25) is 0 Å². The van der Waals surface area contributed by atoms with E-state index in [-0.39, 0.29) is 17.1 Å². The smallest absolute Gasteiger partial charge is 0.260 e. The average Bonchev–Trinajstić information content (AvgIpc) is 2.66. The molecule has 0 unspecified atom stereocenters.